The highest BCUT2D eigenvalue weighted by Gasteiger charge is 2.18. The van der Waals surface area contributed by atoms with Crippen molar-refractivity contribution in [1.29, 1.82) is 0 Å². The number of hydrogen-bond acceptors (Lipinski definition) is 3. The zero-order chi connectivity index (χ0) is 14.0. The molecule has 0 spiro atoms. The van der Waals surface area contributed by atoms with Gasteiger partial charge in [-0.15, -0.1) is 11.3 Å². The number of carbonyl (C=O) groups is 1. The minimum Gasteiger partial charge on any atom is -0.398 e. The summed E-state index contributed by atoms with van der Waals surface area (Å²) in [5, 5.41) is 0. The number of benzene rings is 1. The number of hydrogen-bond donors (Lipinski definition) is 1. The van der Waals surface area contributed by atoms with E-state index >= 15 is 0 Å². The fourth-order valence-corrected chi connectivity index (χ4v) is 4.47. The van der Waals surface area contributed by atoms with E-state index in [1.54, 1.807) is 11.9 Å². The van der Waals surface area contributed by atoms with Gasteiger partial charge in [-0.3, -0.25) is 4.79 Å². The van der Waals surface area contributed by atoms with Crippen molar-refractivity contribution in [2.24, 2.45) is 0 Å². The van der Waals surface area contributed by atoms with Crippen LogP contribution >= 0.6 is 43.2 Å². The molecular weight excluding hydrogens is 392 g/mol. The summed E-state index contributed by atoms with van der Waals surface area (Å²) < 4.78 is 1.76. The first-order valence-electron chi connectivity index (χ1n) is 5.52. The van der Waals surface area contributed by atoms with Crippen molar-refractivity contribution in [3.05, 3.63) is 49.0 Å². The summed E-state index contributed by atoms with van der Waals surface area (Å²) in [4.78, 5) is 14.0. The van der Waals surface area contributed by atoms with E-state index in [0.717, 1.165) is 13.1 Å². The Labute approximate surface area is 132 Å². The van der Waals surface area contributed by atoms with E-state index in [9.17, 15) is 4.79 Å². The highest BCUT2D eigenvalue weighted by atomic mass is 79.9. The number of thiophene rings is 1. The molecule has 0 radical (unpaired) electrons. The van der Waals surface area contributed by atoms with Crippen molar-refractivity contribution in [1.82, 2.24) is 4.90 Å². The second-order valence-corrected chi connectivity index (χ2v) is 7.85. The Morgan fingerprint density at radius 1 is 1.37 bits per heavy atom. The van der Waals surface area contributed by atoms with Gasteiger partial charge in [0.2, 0.25) is 0 Å². The number of amides is 1. The molecule has 0 fully saturated rings. The minimum atomic E-state index is -0.0305. The van der Waals surface area contributed by atoms with Crippen LogP contribution in [0.5, 0.6) is 0 Å². The van der Waals surface area contributed by atoms with Gasteiger partial charge >= 0.3 is 0 Å². The minimum absolute atomic E-state index is 0.0305. The van der Waals surface area contributed by atoms with E-state index in [-0.39, 0.29) is 5.91 Å². The molecule has 0 aliphatic heterocycles. The summed E-state index contributed by atoms with van der Waals surface area (Å²) in [5.74, 6) is -0.0305. The maximum Gasteiger partial charge on any atom is 0.255 e. The van der Waals surface area contributed by atoms with Gasteiger partial charge in [0, 0.05) is 19.3 Å². The lowest BCUT2D eigenvalue weighted by Gasteiger charge is -2.18. The summed E-state index contributed by atoms with van der Waals surface area (Å²) in [6.45, 7) is 0.491. The molecule has 1 aromatic carbocycles. The molecule has 19 heavy (non-hydrogen) atoms. The Morgan fingerprint density at radius 2 is 2.05 bits per heavy atom. The molecule has 1 aromatic heterocycles. The molecule has 0 bridgehead atoms. The number of anilines is 1. The van der Waals surface area contributed by atoms with Crippen LogP contribution in [0.3, 0.4) is 0 Å². The fraction of sp³-hybridized carbons (Fsp3) is 0.154. The number of para-hydroxylation sites is 1. The van der Waals surface area contributed by atoms with E-state index in [2.05, 4.69) is 31.9 Å². The van der Waals surface area contributed by atoms with Crippen LogP contribution in [0.25, 0.3) is 0 Å². The van der Waals surface area contributed by atoms with Crippen LogP contribution < -0.4 is 5.73 Å². The van der Waals surface area contributed by atoms with Gasteiger partial charge in [0.05, 0.1) is 13.1 Å². The first-order chi connectivity index (χ1) is 8.99. The molecule has 2 rings (SSSR count). The van der Waals surface area contributed by atoms with Crippen LogP contribution in [0, 0.1) is 0 Å². The van der Waals surface area contributed by atoms with Gasteiger partial charge in [0.15, 0.2) is 0 Å². The van der Waals surface area contributed by atoms with E-state index in [1.165, 1.54) is 11.3 Å². The zero-order valence-electron chi connectivity index (χ0n) is 10.2. The number of halogens is 2. The molecule has 3 nitrogen and oxygen atoms in total. The first kappa shape index (κ1) is 14.6. The van der Waals surface area contributed by atoms with Crippen molar-refractivity contribution in [2.75, 3.05) is 12.8 Å². The van der Waals surface area contributed by atoms with Crippen LogP contribution in [0.1, 0.15) is 15.9 Å². The zero-order valence-corrected chi connectivity index (χ0v) is 14.2. The van der Waals surface area contributed by atoms with Crippen molar-refractivity contribution in [3.8, 4) is 0 Å². The second kappa shape index (κ2) is 6.07. The van der Waals surface area contributed by atoms with Gasteiger partial charge in [-0.25, -0.2) is 0 Å². The van der Waals surface area contributed by atoms with Crippen molar-refractivity contribution in [2.45, 2.75) is 6.54 Å². The summed E-state index contributed by atoms with van der Waals surface area (Å²) in [5.41, 5.74) is 8.20. The molecule has 0 saturated heterocycles. The number of nitrogen functional groups attached to an aromatic ring is 1. The lowest BCUT2D eigenvalue weighted by atomic mass is 10.1. The van der Waals surface area contributed by atoms with Gasteiger partial charge < -0.3 is 10.6 Å². The standard InChI is InChI=1S/C13H12Br2N2OS/c1-17(7-8-4-2-3-5-10(8)16)13(18)9-6-11(14)19-12(9)15/h2-6H,7,16H2,1H3. The molecule has 0 atom stereocenters. The van der Waals surface area contributed by atoms with E-state index < -0.39 is 0 Å². The van der Waals surface area contributed by atoms with E-state index in [4.69, 9.17) is 5.73 Å². The topological polar surface area (TPSA) is 46.3 Å². The van der Waals surface area contributed by atoms with Gasteiger partial charge in [-0.05, 0) is 49.6 Å². The largest absolute Gasteiger partial charge is 0.398 e. The van der Waals surface area contributed by atoms with E-state index in [1.807, 2.05) is 30.3 Å². The van der Waals surface area contributed by atoms with Gasteiger partial charge in [-0.2, -0.15) is 0 Å². The van der Waals surface area contributed by atoms with E-state index in [0.29, 0.717) is 17.8 Å². The third kappa shape index (κ3) is 3.38. The predicted molar refractivity (Wildman–Crippen MR) is 86.4 cm³/mol. The third-order valence-electron chi connectivity index (χ3n) is 2.70. The SMILES string of the molecule is CN(Cc1ccccc1N)C(=O)c1cc(Br)sc1Br. The summed E-state index contributed by atoms with van der Waals surface area (Å²) >= 11 is 8.26. The molecule has 0 aliphatic rings. The number of nitrogens with two attached hydrogens (primary N) is 1. The molecule has 0 unspecified atom stereocenters. The molecule has 0 aliphatic carbocycles. The Hall–Kier alpha value is -0.850. The molecule has 100 valence electrons. The quantitative estimate of drug-likeness (QED) is 0.783. The first-order valence-corrected chi connectivity index (χ1v) is 7.93. The Kier molecular flexibility index (Phi) is 4.65. The molecule has 2 aromatic rings. The predicted octanol–water partition coefficient (Wildman–Crippen LogP) is 4.13. The average Bonchev–Trinajstić information content (AvgIpc) is 2.70. The Bertz CT molecular complexity index is 612. The summed E-state index contributed by atoms with van der Waals surface area (Å²) in [6.07, 6.45) is 0. The molecular formula is C13H12Br2N2OS. The lowest BCUT2D eigenvalue weighted by molar-refractivity contribution is 0.0785. The van der Waals surface area contributed by atoms with Crippen LogP contribution in [0.2, 0.25) is 0 Å². The third-order valence-corrected chi connectivity index (χ3v) is 5.04. The van der Waals surface area contributed by atoms with Crippen LogP contribution in [-0.2, 0) is 6.54 Å². The molecule has 0 saturated carbocycles. The van der Waals surface area contributed by atoms with Crippen molar-refractivity contribution in [3.63, 3.8) is 0 Å². The van der Waals surface area contributed by atoms with Crippen molar-refractivity contribution >= 4 is 54.8 Å². The lowest BCUT2D eigenvalue weighted by Crippen LogP contribution is -2.26. The maximum absolute atomic E-state index is 12.3. The van der Waals surface area contributed by atoms with Crippen LogP contribution in [0.4, 0.5) is 5.69 Å². The summed E-state index contributed by atoms with van der Waals surface area (Å²) in [6, 6.07) is 9.39. The fourth-order valence-electron chi connectivity index (χ4n) is 1.70. The highest BCUT2D eigenvalue weighted by molar-refractivity contribution is 9.12. The molecule has 1 heterocycles. The van der Waals surface area contributed by atoms with Crippen LogP contribution in [0.15, 0.2) is 37.9 Å². The van der Waals surface area contributed by atoms with Gasteiger partial charge in [0.1, 0.15) is 0 Å². The van der Waals surface area contributed by atoms with Gasteiger partial charge in [0.25, 0.3) is 5.91 Å². The number of nitrogens with zero attached hydrogens (tertiary/aromatic N) is 1. The monoisotopic (exact) mass is 402 g/mol. The maximum atomic E-state index is 12.3. The number of carbonyl (C=O) groups excluding carboxylic acids is 1. The Morgan fingerprint density at radius 3 is 2.63 bits per heavy atom. The normalized spacial score (nSPS) is 10.5. The number of rotatable bonds is 3. The smallest absolute Gasteiger partial charge is 0.255 e. The molecule has 2 N–H and O–H groups in total. The summed E-state index contributed by atoms with van der Waals surface area (Å²) in [7, 11) is 1.77. The molecule has 1 amide bonds. The van der Waals surface area contributed by atoms with Crippen LogP contribution in [-0.4, -0.2) is 17.9 Å². The van der Waals surface area contributed by atoms with Crippen molar-refractivity contribution < 1.29 is 4.79 Å². The highest BCUT2D eigenvalue weighted by Crippen LogP contribution is 2.32. The second-order valence-electron chi connectivity index (χ2n) is 4.10. The average molecular weight is 404 g/mol. The Balaban J connectivity index is 2.16. The molecule has 6 heteroatoms. The van der Waals surface area contributed by atoms with Gasteiger partial charge in [-0.1, -0.05) is 18.2 Å².